The summed E-state index contributed by atoms with van der Waals surface area (Å²) in [7, 11) is 1.63. The fourth-order valence-corrected chi connectivity index (χ4v) is 1.99. The molecule has 0 aliphatic heterocycles. The second kappa shape index (κ2) is 6.45. The highest BCUT2D eigenvalue weighted by molar-refractivity contribution is 6.30. The normalized spacial score (nSPS) is 11.9. The molecule has 4 heteroatoms. The van der Waals surface area contributed by atoms with Crippen molar-refractivity contribution < 1.29 is 9.47 Å². The zero-order chi connectivity index (χ0) is 13.7. The SMILES string of the molecule is COc1ccccc1C(N)COc1cccc(Cl)c1. The largest absolute Gasteiger partial charge is 0.496 e. The van der Waals surface area contributed by atoms with E-state index in [2.05, 4.69) is 0 Å². The average molecular weight is 278 g/mol. The van der Waals surface area contributed by atoms with Gasteiger partial charge in [-0.25, -0.2) is 0 Å². The van der Waals surface area contributed by atoms with Crippen LogP contribution in [0.15, 0.2) is 48.5 Å². The smallest absolute Gasteiger partial charge is 0.123 e. The molecule has 0 aliphatic carbocycles. The summed E-state index contributed by atoms with van der Waals surface area (Å²) in [5.74, 6) is 1.47. The molecule has 0 amide bonds. The molecular formula is C15H16ClNO2. The molecule has 100 valence electrons. The summed E-state index contributed by atoms with van der Waals surface area (Å²) < 4.78 is 10.9. The summed E-state index contributed by atoms with van der Waals surface area (Å²) in [6, 6.07) is 14.6. The van der Waals surface area contributed by atoms with Gasteiger partial charge in [0.1, 0.15) is 18.1 Å². The monoisotopic (exact) mass is 277 g/mol. The molecule has 1 atom stereocenters. The van der Waals surface area contributed by atoms with Crippen LogP contribution in [0, 0.1) is 0 Å². The number of rotatable bonds is 5. The highest BCUT2D eigenvalue weighted by Gasteiger charge is 2.12. The summed E-state index contributed by atoms with van der Waals surface area (Å²) in [5.41, 5.74) is 7.04. The van der Waals surface area contributed by atoms with Crippen molar-refractivity contribution in [3.05, 3.63) is 59.1 Å². The minimum atomic E-state index is -0.255. The Hall–Kier alpha value is -1.71. The van der Waals surface area contributed by atoms with E-state index in [1.807, 2.05) is 36.4 Å². The minimum absolute atomic E-state index is 0.255. The summed E-state index contributed by atoms with van der Waals surface area (Å²) in [5, 5.41) is 0.642. The Morgan fingerprint density at radius 1 is 1.16 bits per heavy atom. The molecule has 2 aromatic carbocycles. The van der Waals surface area contributed by atoms with Gasteiger partial charge in [-0.3, -0.25) is 0 Å². The van der Waals surface area contributed by atoms with E-state index < -0.39 is 0 Å². The third-order valence-electron chi connectivity index (χ3n) is 2.76. The average Bonchev–Trinajstić information content (AvgIpc) is 2.45. The quantitative estimate of drug-likeness (QED) is 0.911. The highest BCUT2D eigenvalue weighted by Crippen LogP contribution is 2.24. The van der Waals surface area contributed by atoms with E-state index in [1.165, 1.54) is 0 Å². The lowest BCUT2D eigenvalue weighted by molar-refractivity contribution is 0.286. The summed E-state index contributed by atoms with van der Waals surface area (Å²) in [6.45, 7) is 0.362. The van der Waals surface area contributed by atoms with Crippen molar-refractivity contribution in [1.29, 1.82) is 0 Å². The maximum atomic E-state index is 6.12. The zero-order valence-corrected chi connectivity index (χ0v) is 11.4. The first-order chi connectivity index (χ1) is 9.20. The molecule has 2 aromatic rings. The first-order valence-corrected chi connectivity index (χ1v) is 6.35. The van der Waals surface area contributed by atoms with Crippen LogP contribution in [0.2, 0.25) is 5.02 Å². The maximum absolute atomic E-state index is 6.12. The lowest BCUT2D eigenvalue weighted by Crippen LogP contribution is -2.19. The van der Waals surface area contributed by atoms with Crippen LogP contribution in [-0.4, -0.2) is 13.7 Å². The molecule has 0 spiro atoms. The first-order valence-electron chi connectivity index (χ1n) is 5.97. The van der Waals surface area contributed by atoms with Gasteiger partial charge in [-0.2, -0.15) is 0 Å². The zero-order valence-electron chi connectivity index (χ0n) is 10.7. The number of hydrogen-bond donors (Lipinski definition) is 1. The molecule has 2 rings (SSSR count). The van der Waals surface area contributed by atoms with Crippen LogP contribution < -0.4 is 15.2 Å². The fourth-order valence-electron chi connectivity index (χ4n) is 1.81. The van der Waals surface area contributed by atoms with Crippen LogP contribution in [-0.2, 0) is 0 Å². The van der Waals surface area contributed by atoms with Crippen LogP contribution >= 0.6 is 11.6 Å². The topological polar surface area (TPSA) is 44.5 Å². The third kappa shape index (κ3) is 3.63. The van der Waals surface area contributed by atoms with Crippen molar-refractivity contribution in [2.24, 2.45) is 5.73 Å². The number of para-hydroxylation sites is 1. The molecule has 0 aliphatic rings. The van der Waals surface area contributed by atoms with E-state index in [4.69, 9.17) is 26.8 Å². The van der Waals surface area contributed by atoms with Gasteiger partial charge in [0.25, 0.3) is 0 Å². The number of hydrogen-bond acceptors (Lipinski definition) is 3. The molecule has 0 saturated carbocycles. The Bertz CT molecular complexity index is 545. The second-order valence-electron chi connectivity index (χ2n) is 4.12. The fraction of sp³-hybridized carbons (Fsp3) is 0.200. The summed E-state index contributed by atoms with van der Waals surface area (Å²) in [6.07, 6.45) is 0. The van der Waals surface area contributed by atoms with Gasteiger partial charge in [0, 0.05) is 10.6 Å². The van der Waals surface area contributed by atoms with Gasteiger partial charge < -0.3 is 15.2 Å². The van der Waals surface area contributed by atoms with Gasteiger partial charge >= 0.3 is 0 Å². The Morgan fingerprint density at radius 3 is 2.68 bits per heavy atom. The van der Waals surface area contributed by atoms with E-state index in [0.717, 1.165) is 11.3 Å². The van der Waals surface area contributed by atoms with Gasteiger partial charge in [-0.15, -0.1) is 0 Å². The lowest BCUT2D eigenvalue weighted by atomic mass is 10.1. The highest BCUT2D eigenvalue weighted by atomic mass is 35.5. The van der Waals surface area contributed by atoms with E-state index >= 15 is 0 Å². The Balaban J connectivity index is 2.03. The van der Waals surface area contributed by atoms with Gasteiger partial charge in [-0.1, -0.05) is 35.9 Å². The molecule has 0 fully saturated rings. The molecule has 2 N–H and O–H groups in total. The van der Waals surface area contributed by atoms with Gasteiger partial charge in [0.05, 0.1) is 13.2 Å². The van der Waals surface area contributed by atoms with E-state index in [9.17, 15) is 0 Å². The predicted molar refractivity (Wildman–Crippen MR) is 76.9 cm³/mol. The van der Waals surface area contributed by atoms with Crippen molar-refractivity contribution in [1.82, 2.24) is 0 Å². The van der Waals surface area contributed by atoms with Gasteiger partial charge in [0.2, 0.25) is 0 Å². The van der Waals surface area contributed by atoms with Crippen LogP contribution in [0.4, 0.5) is 0 Å². The van der Waals surface area contributed by atoms with Crippen molar-refractivity contribution >= 4 is 11.6 Å². The molecule has 0 radical (unpaired) electrons. The first kappa shape index (κ1) is 13.7. The van der Waals surface area contributed by atoms with Crippen molar-refractivity contribution in [3.8, 4) is 11.5 Å². The van der Waals surface area contributed by atoms with Gasteiger partial charge in [-0.05, 0) is 24.3 Å². The molecule has 1 unspecified atom stereocenters. The molecule has 0 aromatic heterocycles. The summed E-state index contributed by atoms with van der Waals surface area (Å²) >= 11 is 5.89. The Kier molecular flexibility index (Phi) is 4.66. The number of benzene rings is 2. The molecule has 3 nitrogen and oxygen atoms in total. The number of methoxy groups -OCH3 is 1. The van der Waals surface area contributed by atoms with Gasteiger partial charge in [0.15, 0.2) is 0 Å². The Morgan fingerprint density at radius 2 is 1.95 bits per heavy atom. The van der Waals surface area contributed by atoms with E-state index in [0.29, 0.717) is 17.4 Å². The molecule has 19 heavy (non-hydrogen) atoms. The minimum Gasteiger partial charge on any atom is -0.496 e. The van der Waals surface area contributed by atoms with Crippen LogP contribution in [0.1, 0.15) is 11.6 Å². The van der Waals surface area contributed by atoms with Crippen molar-refractivity contribution in [2.75, 3.05) is 13.7 Å². The number of nitrogens with two attached hydrogens (primary N) is 1. The lowest BCUT2D eigenvalue weighted by Gasteiger charge is -2.16. The van der Waals surface area contributed by atoms with Crippen LogP contribution in [0.3, 0.4) is 0 Å². The molecule has 0 saturated heterocycles. The standard InChI is InChI=1S/C15H16ClNO2/c1-18-15-8-3-2-7-13(15)14(17)10-19-12-6-4-5-11(16)9-12/h2-9,14H,10,17H2,1H3. The van der Waals surface area contributed by atoms with Crippen LogP contribution in [0.25, 0.3) is 0 Å². The summed E-state index contributed by atoms with van der Waals surface area (Å²) in [4.78, 5) is 0. The molecule has 0 bridgehead atoms. The number of halogens is 1. The maximum Gasteiger partial charge on any atom is 0.123 e. The Labute approximate surface area is 117 Å². The predicted octanol–water partition coefficient (Wildman–Crippen LogP) is 3.43. The third-order valence-corrected chi connectivity index (χ3v) is 3.00. The molecular weight excluding hydrogens is 262 g/mol. The van der Waals surface area contributed by atoms with E-state index in [1.54, 1.807) is 19.2 Å². The number of ether oxygens (including phenoxy) is 2. The second-order valence-corrected chi connectivity index (χ2v) is 4.55. The van der Waals surface area contributed by atoms with Crippen LogP contribution in [0.5, 0.6) is 11.5 Å². The van der Waals surface area contributed by atoms with Crippen molar-refractivity contribution in [2.45, 2.75) is 6.04 Å². The molecule has 0 heterocycles. The van der Waals surface area contributed by atoms with E-state index in [-0.39, 0.29) is 6.04 Å². The van der Waals surface area contributed by atoms with Crippen molar-refractivity contribution in [3.63, 3.8) is 0 Å².